The molecule has 4 N–H and O–H groups in total. The summed E-state index contributed by atoms with van der Waals surface area (Å²) in [5.41, 5.74) is 8.15. The minimum absolute atomic E-state index is 0.475. The number of nitrogen functional groups attached to an aromatic ring is 2. The third-order valence-corrected chi connectivity index (χ3v) is 1.57. The molecule has 0 bridgehead atoms. The highest BCUT2D eigenvalue weighted by atomic mass is 19.3. The van der Waals surface area contributed by atoms with Crippen LogP contribution in [0.15, 0.2) is 6.20 Å². The van der Waals surface area contributed by atoms with Crippen LogP contribution in [0.3, 0.4) is 0 Å². The van der Waals surface area contributed by atoms with Crippen molar-refractivity contribution in [1.29, 1.82) is 0 Å². The van der Waals surface area contributed by atoms with Gasteiger partial charge in [-0.25, -0.2) is 13.8 Å². The highest BCUT2D eigenvalue weighted by Gasteiger charge is 2.24. The van der Waals surface area contributed by atoms with E-state index in [1.54, 1.807) is 0 Å². The molecule has 76 valence electrons. The van der Waals surface area contributed by atoms with Crippen LogP contribution < -0.4 is 11.5 Å². The molecule has 0 spiro atoms. The Morgan fingerprint density at radius 3 is 2.50 bits per heavy atom. The van der Waals surface area contributed by atoms with Crippen LogP contribution in [0.4, 0.5) is 26.0 Å². The first-order valence-corrected chi connectivity index (χ1v) is 3.41. The number of pyridine rings is 1. The number of alkyl halides is 2. The molecule has 1 aromatic rings. The van der Waals surface area contributed by atoms with Gasteiger partial charge in [0.2, 0.25) is 5.82 Å². The first kappa shape index (κ1) is 10.1. The molecule has 1 rings (SSSR count). The summed E-state index contributed by atoms with van der Waals surface area (Å²) in [6.45, 7) is 0. The molecule has 0 aliphatic rings. The number of nitrogens with two attached hydrogens (primary N) is 2. The smallest absolute Gasteiger partial charge is 0.334 e. The van der Waals surface area contributed by atoms with Gasteiger partial charge in [0, 0.05) is 6.20 Å². The van der Waals surface area contributed by atoms with Crippen LogP contribution in [-0.2, 0) is 0 Å². The standard InChI is InChI=1S/C6H6F2N4O2/c7-5(8)2-1-11-6(10)4(3(2)9)12(13)14/h1,5H,(H4,9,10,11). The van der Waals surface area contributed by atoms with E-state index in [9.17, 15) is 18.9 Å². The zero-order valence-electron chi connectivity index (χ0n) is 6.78. The van der Waals surface area contributed by atoms with Gasteiger partial charge in [0.1, 0.15) is 5.69 Å². The van der Waals surface area contributed by atoms with E-state index >= 15 is 0 Å². The van der Waals surface area contributed by atoms with Crippen LogP contribution in [0, 0.1) is 10.1 Å². The average molecular weight is 204 g/mol. The fraction of sp³-hybridized carbons (Fsp3) is 0.167. The topological polar surface area (TPSA) is 108 Å². The van der Waals surface area contributed by atoms with Crippen molar-refractivity contribution in [2.75, 3.05) is 11.5 Å². The Labute approximate surface area is 76.7 Å². The molecule has 14 heavy (non-hydrogen) atoms. The summed E-state index contributed by atoms with van der Waals surface area (Å²) in [7, 11) is 0. The summed E-state index contributed by atoms with van der Waals surface area (Å²) in [5, 5.41) is 10.4. The Kier molecular flexibility index (Phi) is 2.45. The van der Waals surface area contributed by atoms with Crippen molar-refractivity contribution in [3.63, 3.8) is 0 Å². The van der Waals surface area contributed by atoms with Gasteiger partial charge in [-0.3, -0.25) is 10.1 Å². The number of anilines is 2. The van der Waals surface area contributed by atoms with Gasteiger partial charge < -0.3 is 11.5 Å². The minimum atomic E-state index is -2.92. The monoisotopic (exact) mass is 204 g/mol. The second-order valence-corrected chi connectivity index (χ2v) is 2.42. The van der Waals surface area contributed by atoms with Crippen molar-refractivity contribution in [2.24, 2.45) is 0 Å². The minimum Gasteiger partial charge on any atom is -0.393 e. The van der Waals surface area contributed by atoms with E-state index in [1.165, 1.54) is 0 Å². The Hall–Kier alpha value is -1.99. The molecule has 0 radical (unpaired) electrons. The van der Waals surface area contributed by atoms with E-state index in [4.69, 9.17) is 11.5 Å². The van der Waals surface area contributed by atoms with Crippen molar-refractivity contribution in [2.45, 2.75) is 6.43 Å². The van der Waals surface area contributed by atoms with Crippen molar-refractivity contribution in [3.8, 4) is 0 Å². The molecule has 0 saturated carbocycles. The molecule has 0 aromatic carbocycles. The molecule has 0 aliphatic heterocycles. The predicted molar refractivity (Wildman–Crippen MR) is 44.7 cm³/mol. The lowest BCUT2D eigenvalue weighted by Crippen LogP contribution is -2.06. The number of hydrogen-bond acceptors (Lipinski definition) is 5. The fourth-order valence-corrected chi connectivity index (χ4v) is 0.910. The fourth-order valence-electron chi connectivity index (χ4n) is 0.910. The van der Waals surface area contributed by atoms with Gasteiger partial charge in [0.25, 0.3) is 6.43 Å². The number of nitro groups is 1. The van der Waals surface area contributed by atoms with Gasteiger partial charge >= 0.3 is 5.69 Å². The molecule has 0 fully saturated rings. The maximum atomic E-state index is 12.2. The zero-order chi connectivity index (χ0) is 10.9. The molecule has 0 aliphatic carbocycles. The maximum absolute atomic E-state index is 12.2. The lowest BCUT2D eigenvalue weighted by Gasteiger charge is -2.05. The van der Waals surface area contributed by atoms with E-state index in [1.807, 2.05) is 0 Å². The third kappa shape index (κ3) is 1.53. The predicted octanol–water partition coefficient (Wildman–Crippen LogP) is 1.09. The van der Waals surface area contributed by atoms with Crippen LogP contribution in [-0.4, -0.2) is 9.91 Å². The summed E-state index contributed by atoms with van der Waals surface area (Å²) in [4.78, 5) is 12.7. The third-order valence-electron chi connectivity index (χ3n) is 1.57. The van der Waals surface area contributed by atoms with Crippen LogP contribution in [0.1, 0.15) is 12.0 Å². The number of aromatic nitrogens is 1. The van der Waals surface area contributed by atoms with E-state index < -0.39 is 34.1 Å². The van der Waals surface area contributed by atoms with Gasteiger partial charge in [-0.05, 0) is 0 Å². The highest BCUT2D eigenvalue weighted by Crippen LogP contribution is 2.34. The zero-order valence-corrected chi connectivity index (χ0v) is 6.78. The summed E-state index contributed by atoms with van der Waals surface area (Å²) in [6.07, 6.45) is -2.19. The lowest BCUT2D eigenvalue weighted by molar-refractivity contribution is -0.383. The molecule has 0 atom stereocenters. The molecular formula is C6H6F2N4O2. The van der Waals surface area contributed by atoms with Crippen molar-refractivity contribution in [3.05, 3.63) is 21.9 Å². The van der Waals surface area contributed by atoms with Crippen LogP contribution in [0.25, 0.3) is 0 Å². The van der Waals surface area contributed by atoms with Gasteiger partial charge in [-0.1, -0.05) is 0 Å². The molecule has 0 unspecified atom stereocenters. The largest absolute Gasteiger partial charge is 0.393 e. The van der Waals surface area contributed by atoms with E-state index in [2.05, 4.69) is 4.98 Å². The molecule has 1 heterocycles. The molecule has 8 heteroatoms. The van der Waals surface area contributed by atoms with Crippen molar-refractivity contribution in [1.82, 2.24) is 4.98 Å². The Balaban J connectivity index is 3.41. The first-order valence-electron chi connectivity index (χ1n) is 3.41. The summed E-state index contributed by atoms with van der Waals surface area (Å²) in [6, 6.07) is 0. The maximum Gasteiger partial charge on any atom is 0.334 e. The normalized spacial score (nSPS) is 10.5. The van der Waals surface area contributed by atoms with Gasteiger partial charge in [-0.2, -0.15) is 0 Å². The molecule has 6 nitrogen and oxygen atoms in total. The Morgan fingerprint density at radius 1 is 1.50 bits per heavy atom. The number of rotatable bonds is 2. The Bertz CT molecular complexity index is 382. The van der Waals surface area contributed by atoms with Crippen LogP contribution in [0.2, 0.25) is 0 Å². The molecule has 1 aromatic heterocycles. The second kappa shape index (κ2) is 3.40. The lowest BCUT2D eigenvalue weighted by atomic mass is 10.2. The molecule has 0 saturated heterocycles. The van der Waals surface area contributed by atoms with Crippen LogP contribution in [0.5, 0.6) is 0 Å². The second-order valence-electron chi connectivity index (χ2n) is 2.42. The first-order chi connectivity index (χ1) is 6.45. The van der Waals surface area contributed by atoms with Crippen molar-refractivity contribution >= 4 is 17.2 Å². The number of halogens is 2. The number of nitrogens with zero attached hydrogens (tertiary/aromatic N) is 2. The summed E-state index contributed by atoms with van der Waals surface area (Å²) >= 11 is 0. The molecule has 0 amide bonds. The van der Waals surface area contributed by atoms with E-state index in [-0.39, 0.29) is 0 Å². The van der Waals surface area contributed by atoms with E-state index in [0.717, 1.165) is 6.20 Å². The summed E-state index contributed by atoms with van der Waals surface area (Å²) in [5.74, 6) is -0.475. The quantitative estimate of drug-likeness (QED) is 0.553. The highest BCUT2D eigenvalue weighted by molar-refractivity contribution is 5.72. The summed E-state index contributed by atoms with van der Waals surface area (Å²) < 4.78 is 24.4. The number of hydrogen-bond donors (Lipinski definition) is 2. The van der Waals surface area contributed by atoms with Gasteiger partial charge in [0.15, 0.2) is 0 Å². The Morgan fingerprint density at radius 2 is 2.07 bits per heavy atom. The van der Waals surface area contributed by atoms with Crippen LogP contribution >= 0.6 is 0 Å². The SMILES string of the molecule is Nc1ncc(C(F)F)c(N)c1[N+](=O)[O-]. The average Bonchev–Trinajstić information content (AvgIpc) is 2.02. The molecular weight excluding hydrogens is 198 g/mol. The van der Waals surface area contributed by atoms with Crippen molar-refractivity contribution < 1.29 is 13.7 Å². The van der Waals surface area contributed by atoms with E-state index in [0.29, 0.717) is 0 Å². The van der Waals surface area contributed by atoms with Gasteiger partial charge in [0.05, 0.1) is 10.5 Å². The van der Waals surface area contributed by atoms with Gasteiger partial charge in [-0.15, -0.1) is 0 Å².